The number of unbranched alkanes of at least 4 members (excludes halogenated alkanes) is 5. The number of nitrogens with one attached hydrogen (secondary N) is 2. The number of hydrogen-bond donors (Lipinski definition) is 2. The average Bonchev–Trinajstić information content (AvgIpc) is 4.19. The van der Waals surface area contributed by atoms with Crippen molar-refractivity contribution in [2.45, 2.75) is 52.0 Å². The van der Waals surface area contributed by atoms with Crippen LogP contribution in [0.2, 0.25) is 0 Å². The molecular weight excluding hydrogens is 811 g/mol. The minimum absolute atomic E-state index is 0.0390. The van der Waals surface area contributed by atoms with E-state index < -0.39 is 11.8 Å². The number of hydrogen-bond acceptors (Lipinski definition) is 6. The fourth-order valence-electron chi connectivity index (χ4n) is 9.70. The zero-order valence-electron chi connectivity index (χ0n) is 36.2. The summed E-state index contributed by atoms with van der Waals surface area (Å²) in [6.07, 6.45) is 16.3. The molecule has 4 amide bonds. The van der Waals surface area contributed by atoms with Gasteiger partial charge in [0.15, 0.2) is 0 Å². The van der Waals surface area contributed by atoms with Gasteiger partial charge in [0.25, 0.3) is 23.6 Å². The topological polar surface area (TPSA) is 137 Å². The predicted molar refractivity (Wildman–Crippen MR) is 256 cm³/mol. The molecule has 7 aromatic rings. The summed E-state index contributed by atoms with van der Waals surface area (Å²) in [4.78, 5) is 75.7. The van der Waals surface area contributed by atoms with E-state index in [9.17, 15) is 19.2 Å². The monoisotopic (exact) mass is 855 g/mol. The van der Waals surface area contributed by atoms with Crippen LogP contribution in [0, 0.1) is 0 Å². The lowest BCUT2D eigenvalue weighted by Gasteiger charge is -2.32. The number of rotatable bonds is 11. The van der Waals surface area contributed by atoms with Crippen LogP contribution in [0.25, 0.3) is 79.5 Å². The van der Waals surface area contributed by atoms with Crippen molar-refractivity contribution in [3.05, 3.63) is 154 Å². The lowest BCUT2D eigenvalue weighted by Crippen LogP contribution is -2.43. The molecule has 11 rings (SSSR count). The highest BCUT2D eigenvalue weighted by molar-refractivity contribution is 6.33. The van der Waals surface area contributed by atoms with Gasteiger partial charge in [-0.2, -0.15) is 0 Å². The van der Waals surface area contributed by atoms with Gasteiger partial charge in [-0.25, -0.2) is 9.97 Å². The summed E-state index contributed by atoms with van der Waals surface area (Å²) in [5, 5.41) is 0.770. The first-order valence-electron chi connectivity index (χ1n) is 22.4. The number of carbonyl (C=O) groups is 4. The van der Waals surface area contributed by atoms with Gasteiger partial charge in [0, 0.05) is 86.0 Å². The number of imide groups is 2. The number of aryl methyl sites for hydroxylation is 1. The number of carbonyl (C=O) groups excluding carboxylic acids is 4. The molecule has 0 saturated heterocycles. The molecule has 65 heavy (non-hydrogen) atoms. The van der Waals surface area contributed by atoms with Crippen LogP contribution >= 0.6 is 0 Å². The van der Waals surface area contributed by atoms with Crippen molar-refractivity contribution < 1.29 is 19.2 Å². The van der Waals surface area contributed by atoms with Gasteiger partial charge in [-0.05, 0) is 115 Å². The van der Waals surface area contributed by atoms with E-state index in [1.54, 1.807) is 24.3 Å². The molecule has 4 aliphatic heterocycles. The Labute approximate surface area is 374 Å². The Bertz CT molecular complexity index is 3240. The summed E-state index contributed by atoms with van der Waals surface area (Å²) in [6.45, 7) is 2.55. The predicted octanol–water partition coefficient (Wildman–Crippen LogP) is 11.2. The van der Waals surface area contributed by atoms with Gasteiger partial charge in [-0.3, -0.25) is 29.0 Å². The van der Waals surface area contributed by atoms with Crippen LogP contribution in [-0.4, -0.2) is 64.5 Å². The van der Waals surface area contributed by atoms with Crippen molar-refractivity contribution in [3.63, 3.8) is 0 Å². The molecule has 0 radical (unpaired) electrons. The Morgan fingerprint density at radius 3 is 1.58 bits per heavy atom. The molecule has 0 fully saturated rings. The Kier molecular flexibility index (Phi) is 9.83. The lowest BCUT2D eigenvalue weighted by atomic mass is 9.85. The Hall–Kier alpha value is -7.92. The number of H-pyrrole nitrogens is 2. The van der Waals surface area contributed by atoms with Crippen molar-refractivity contribution in [2.75, 3.05) is 6.54 Å². The number of aromatic amines is 2. The maximum Gasteiger partial charge on any atom is 0.261 e. The van der Waals surface area contributed by atoms with E-state index in [0.29, 0.717) is 39.6 Å². The van der Waals surface area contributed by atoms with Gasteiger partial charge in [0.2, 0.25) is 0 Å². The molecule has 11 heteroatoms. The first-order chi connectivity index (χ1) is 31.7. The van der Waals surface area contributed by atoms with Crippen molar-refractivity contribution in [1.82, 2.24) is 34.3 Å². The maximum atomic E-state index is 14.2. The van der Waals surface area contributed by atoms with Gasteiger partial charge in [0.1, 0.15) is 0 Å². The molecule has 2 N–H and O–H groups in total. The van der Waals surface area contributed by atoms with Crippen LogP contribution in [0.5, 0.6) is 0 Å². The van der Waals surface area contributed by atoms with Gasteiger partial charge in [-0.15, -0.1) is 0 Å². The summed E-state index contributed by atoms with van der Waals surface area (Å²) in [5.41, 5.74) is 12.8. The second-order valence-corrected chi connectivity index (χ2v) is 17.2. The largest absolute Gasteiger partial charge is 0.355 e. The van der Waals surface area contributed by atoms with Gasteiger partial charge >= 0.3 is 0 Å². The SMILES string of the molecule is CCCCCCCCN1C(=O)c2ccc3c4c(ccc(c24)C1=O)C(=O)N(Cc1ccc(-c2c4ccc(cc5nc(c(-c6cccn6C)c6nc(cc7ccc2[nH]7)C=C6)C=C5)[nH]4)cc1)C3=O. The molecule has 0 saturated carbocycles. The summed E-state index contributed by atoms with van der Waals surface area (Å²) >= 11 is 0. The molecule has 4 aliphatic rings. The zero-order valence-corrected chi connectivity index (χ0v) is 36.2. The van der Waals surface area contributed by atoms with Crippen LogP contribution in [0.1, 0.15) is 115 Å². The minimum Gasteiger partial charge on any atom is -0.355 e. The highest BCUT2D eigenvalue weighted by Gasteiger charge is 2.39. The van der Waals surface area contributed by atoms with Crippen LogP contribution < -0.4 is 0 Å². The highest BCUT2D eigenvalue weighted by Crippen LogP contribution is 2.39. The molecular formula is C54H45N7O4. The lowest BCUT2D eigenvalue weighted by molar-refractivity contribution is 0.0581. The Morgan fingerprint density at radius 2 is 1.06 bits per heavy atom. The molecule has 0 aliphatic carbocycles. The van der Waals surface area contributed by atoms with Gasteiger partial charge in [0.05, 0.1) is 35.0 Å². The highest BCUT2D eigenvalue weighted by atomic mass is 16.2. The number of amides is 4. The molecule has 8 heterocycles. The summed E-state index contributed by atoms with van der Waals surface area (Å²) < 4.78 is 2.08. The molecule has 11 nitrogen and oxygen atoms in total. The zero-order chi connectivity index (χ0) is 44.3. The number of benzene rings is 3. The molecule has 0 unspecified atom stereocenters. The fourth-order valence-corrected chi connectivity index (χ4v) is 9.70. The number of fused-ring (bicyclic) bond motifs is 8. The van der Waals surface area contributed by atoms with E-state index in [0.717, 1.165) is 105 Å². The van der Waals surface area contributed by atoms with E-state index in [-0.39, 0.29) is 18.4 Å². The second-order valence-electron chi connectivity index (χ2n) is 17.2. The third-order valence-electron chi connectivity index (χ3n) is 13.0. The summed E-state index contributed by atoms with van der Waals surface area (Å²) in [7, 11) is 2.02. The molecule has 3 aromatic carbocycles. The van der Waals surface area contributed by atoms with Crippen molar-refractivity contribution in [3.8, 4) is 22.4 Å². The summed E-state index contributed by atoms with van der Waals surface area (Å²) in [5.74, 6) is -1.69. The van der Waals surface area contributed by atoms with Crippen LogP contribution in [0.4, 0.5) is 0 Å². The maximum absolute atomic E-state index is 14.2. The Morgan fingerprint density at radius 1 is 0.538 bits per heavy atom. The van der Waals surface area contributed by atoms with Crippen molar-refractivity contribution in [2.24, 2.45) is 7.05 Å². The molecule has 0 spiro atoms. The second kappa shape index (κ2) is 16.0. The van der Waals surface area contributed by atoms with Gasteiger partial charge < -0.3 is 14.5 Å². The normalized spacial score (nSPS) is 14.1. The third kappa shape index (κ3) is 6.91. The molecule has 8 bridgehead atoms. The van der Waals surface area contributed by atoms with E-state index in [4.69, 9.17) is 9.97 Å². The first-order valence-corrected chi connectivity index (χ1v) is 22.4. The molecule has 4 aromatic heterocycles. The number of nitrogens with zero attached hydrogens (tertiary/aromatic N) is 5. The molecule has 320 valence electrons. The smallest absolute Gasteiger partial charge is 0.261 e. The van der Waals surface area contributed by atoms with Crippen molar-refractivity contribution >= 4 is 80.8 Å². The van der Waals surface area contributed by atoms with E-state index in [1.165, 1.54) is 16.2 Å². The van der Waals surface area contributed by atoms with Crippen LogP contribution in [0.15, 0.2) is 103 Å². The number of aromatic nitrogens is 5. The quantitative estimate of drug-likeness (QED) is 0.0982. The van der Waals surface area contributed by atoms with Gasteiger partial charge in [-0.1, -0.05) is 63.3 Å². The molecule has 0 atom stereocenters. The minimum atomic E-state index is -0.464. The van der Waals surface area contributed by atoms with E-state index in [2.05, 4.69) is 39.7 Å². The van der Waals surface area contributed by atoms with Crippen LogP contribution in [0.3, 0.4) is 0 Å². The third-order valence-corrected chi connectivity index (χ3v) is 13.0. The average molecular weight is 856 g/mol. The fraction of sp³-hybridized carbons (Fsp3) is 0.185. The Balaban J connectivity index is 0.909. The first kappa shape index (κ1) is 39.9. The van der Waals surface area contributed by atoms with Crippen LogP contribution in [-0.2, 0) is 13.6 Å². The van der Waals surface area contributed by atoms with E-state index in [1.807, 2.05) is 92.1 Å². The standard InChI is InChI=1S/C54H45N7O4/c1-3-4-5-6-7-8-28-60-51(62)38-19-21-40-49-41(22-20-39(48(38)49)52(60)63)54(65)61(53(40)64)31-32-11-13-33(14-12-32)47-42-23-15-34(55-42)29-36-17-25-44(57-36)50(46-10-9-27-59(46)2)45-26-18-37(58-45)30-35-16-24-43(47)56-35/h9-27,29-30,55-56H,3-8,28,31H2,1-2H3. The summed E-state index contributed by atoms with van der Waals surface area (Å²) in [6, 6.07) is 30.8. The van der Waals surface area contributed by atoms with E-state index >= 15 is 0 Å². The van der Waals surface area contributed by atoms with Crippen molar-refractivity contribution in [1.29, 1.82) is 0 Å².